The molecule has 0 saturated carbocycles. The summed E-state index contributed by atoms with van der Waals surface area (Å²) in [5.74, 6) is 8.94. The molecule has 25 heavy (non-hydrogen) atoms. The van der Waals surface area contributed by atoms with E-state index in [-0.39, 0.29) is 0 Å². The Hall–Kier alpha value is -2.19. The Morgan fingerprint density at radius 2 is 1.84 bits per heavy atom. The van der Waals surface area contributed by atoms with Gasteiger partial charge in [-0.1, -0.05) is 39.8 Å². The Bertz CT molecular complexity index is 885. The van der Waals surface area contributed by atoms with Gasteiger partial charge in [-0.2, -0.15) is 0 Å². The molecule has 0 aliphatic heterocycles. The number of hydrogen-bond donors (Lipinski definition) is 1. The van der Waals surface area contributed by atoms with Gasteiger partial charge in [-0.3, -0.25) is 0 Å². The van der Waals surface area contributed by atoms with Gasteiger partial charge in [0.15, 0.2) is 5.82 Å². The molecule has 0 atom stereocenters. The molecule has 0 aliphatic rings. The van der Waals surface area contributed by atoms with Crippen LogP contribution < -0.4 is 15.3 Å². The van der Waals surface area contributed by atoms with Gasteiger partial charge < -0.3 is 15.3 Å². The molecule has 130 valence electrons. The third-order valence-electron chi connectivity index (χ3n) is 3.61. The van der Waals surface area contributed by atoms with E-state index in [0.717, 1.165) is 21.3 Å². The van der Waals surface area contributed by atoms with Gasteiger partial charge in [0.05, 0.1) is 19.8 Å². The van der Waals surface area contributed by atoms with E-state index in [0.29, 0.717) is 22.5 Å². The van der Waals surface area contributed by atoms with Crippen molar-refractivity contribution in [2.75, 3.05) is 20.1 Å². The highest BCUT2D eigenvalue weighted by atomic mass is 79.9. The summed E-state index contributed by atoms with van der Waals surface area (Å²) >= 11 is 4.97. The second kappa shape index (κ2) is 7.79. The molecule has 6 nitrogen and oxygen atoms in total. The molecule has 0 fully saturated rings. The zero-order chi connectivity index (χ0) is 17.8. The Balaban J connectivity index is 1.84. The summed E-state index contributed by atoms with van der Waals surface area (Å²) in [7, 11) is 3.27. The number of nitrogen functional groups attached to an aromatic ring is 1. The molecule has 2 N–H and O–H groups in total. The summed E-state index contributed by atoms with van der Waals surface area (Å²) in [6.07, 6.45) is 0. The number of rotatable bonds is 6. The number of aromatic nitrogens is 3. The van der Waals surface area contributed by atoms with E-state index in [1.807, 2.05) is 42.5 Å². The van der Waals surface area contributed by atoms with Crippen LogP contribution in [0.25, 0.3) is 11.4 Å². The lowest BCUT2D eigenvalue weighted by molar-refractivity contribution is 0.411. The van der Waals surface area contributed by atoms with Crippen LogP contribution in [0.4, 0.5) is 0 Å². The zero-order valence-corrected chi connectivity index (χ0v) is 16.2. The first kappa shape index (κ1) is 17.6. The minimum Gasteiger partial charge on any atom is -0.496 e. The molecule has 0 bridgehead atoms. The monoisotopic (exact) mass is 420 g/mol. The van der Waals surface area contributed by atoms with Crippen LogP contribution in [0.2, 0.25) is 0 Å². The minimum absolute atomic E-state index is 0.557. The van der Waals surface area contributed by atoms with E-state index in [4.69, 9.17) is 15.3 Å². The van der Waals surface area contributed by atoms with Crippen LogP contribution in [0.3, 0.4) is 0 Å². The van der Waals surface area contributed by atoms with E-state index >= 15 is 0 Å². The van der Waals surface area contributed by atoms with Crippen molar-refractivity contribution in [3.63, 3.8) is 0 Å². The first-order chi connectivity index (χ1) is 12.1. The molecule has 3 aromatic rings. The Morgan fingerprint density at radius 3 is 2.60 bits per heavy atom. The van der Waals surface area contributed by atoms with Gasteiger partial charge in [-0.25, -0.2) is 4.68 Å². The number of hydrogen-bond acceptors (Lipinski definition) is 6. The quantitative estimate of drug-likeness (QED) is 0.483. The van der Waals surface area contributed by atoms with Crippen LogP contribution in [0.15, 0.2) is 52.1 Å². The van der Waals surface area contributed by atoms with Crippen molar-refractivity contribution in [2.45, 2.75) is 10.9 Å². The largest absolute Gasteiger partial charge is 0.496 e. The molecule has 2 aromatic carbocycles. The van der Waals surface area contributed by atoms with Crippen molar-refractivity contribution in [2.24, 2.45) is 0 Å². The van der Waals surface area contributed by atoms with Crippen molar-refractivity contribution < 1.29 is 9.47 Å². The molecule has 0 radical (unpaired) electrons. The molecule has 0 amide bonds. The van der Waals surface area contributed by atoms with E-state index < -0.39 is 0 Å². The van der Waals surface area contributed by atoms with Crippen molar-refractivity contribution in [1.29, 1.82) is 0 Å². The molecule has 8 heteroatoms. The second-order valence-corrected chi connectivity index (χ2v) is 6.98. The topological polar surface area (TPSA) is 75.2 Å². The van der Waals surface area contributed by atoms with Crippen molar-refractivity contribution in [3.8, 4) is 22.9 Å². The lowest BCUT2D eigenvalue weighted by atomic mass is 10.2. The van der Waals surface area contributed by atoms with Crippen LogP contribution in [-0.4, -0.2) is 29.1 Å². The maximum absolute atomic E-state index is 6.20. The number of nitrogens with two attached hydrogens (primary N) is 1. The highest BCUT2D eigenvalue weighted by Gasteiger charge is 2.16. The Morgan fingerprint density at radius 1 is 1.08 bits per heavy atom. The fraction of sp³-hybridized carbons (Fsp3) is 0.176. The highest BCUT2D eigenvalue weighted by Crippen LogP contribution is 2.32. The Labute approximate surface area is 158 Å². The molecule has 0 spiro atoms. The first-order valence-corrected chi connectivity index (χ1v) is 9.21. The van der Waals surface area contributed by atoms with Gasteiger partial charge in [0.25, 0.3) is 0 Å². The van der Waals surface area contributed by atoms with Gasteiger partial charge in [-0.05, 0) is 30.3 Å². The van der Waals surface area contributed by atoms with E-state index in [9.17, 15) is 0 Å². The number of ether oxygens (including phenoxy) is 2. The fourth-order valence-electron chi connectivity index (χ4n) is 2.39. The number of methoxy groups -OCH3 is 2. The standard InChI is InChI=1S/C17H17BrN4O2S/c1-23-14-8-7-12(18)9-11(14)10-25-17-21-20-16(22(17)19)13-5-3-4-6-15(13)24-2/h3-9H,10,19H2,1-2H3. The lowest BCUT2D eigenvalue weighted by Gasteiger charge is -2.09. The predicted octanol–water partition coefficient (Wildman–Crippen LogP) is 3.73. The number of thioether (sulfide) groups is 1. The van der Waals surface area contributed by atoms with Gasteiger partial charge in [-0.15, -0.1) is 10.2 Å². The van der Waals surface area contributed by atoms with E-state index in [1.165, 1.54) is 16.4 Å². The molecular formula is C17H17BrN4O2S. The minimum atomic E-state index is 0.557. The summed E-state index contributed by atoms with van der Waals surface area (Å²) in [6.45, 7) is 0. The van der Waals surface area contributed by atoms with Gasteiger partial charge in [0.2, 0.25) is 5.16 Å². The molecule has 0 unspecified atom stereocenters. The third kappa shape index (κ3) is 3.74. The summed E-state index contributed by atoms with van der Waals surface area (Å²) in [5.41, 5.74) is 1.84. The van der Waals surface area contributed by atoms with E-state index in [2.05, 4.69) is 26.1 Å². The maximum atomic E-state index is 6.20. The molecule has 0 saturated heterocycles. The number of nitrogens with zero attached hydrogens (tertiary/aromatic N) is 3. The van der Waals surface area contributed by atoms with Crippen LogP contribution in [0.5, 0.6) is 11.5 Å². The fourth-order valence-corrected chi connectivity index (χ4v) is 3.63. The normalized spacial score (nSPS) is 10.7. The SMILES string of the molecule is COc1ccc(Br)cc1CSc1nnc(-c2ccccc2OC)n1N. The van der Waals surface area contributed by atoms with Crippen molar-refractivity contribution in [3.05, 3.63) is 52.5 Å². The molecular weight excluding hydrogens is 404 g/mol. The average Bonchev–Trinajstić information content (AvgIpc) is 3.00. The maximum Gasteiger partial charge on any atom is 0.210 e. The molecule has 1 aromatic heterocycles. The lowest BCUT2D eigenvalue weighted by Crippen LogP contribution is -2.12. The highest BCUT2D eigenvalue weighted by molar-refractivity contribution is 9.10. The summed E-state index contributed by atoms with van der Waals surface area (Å²) in [6, 6.07) is 13.5. The van der Waals surface area contributed by atoms with Crippen molar-refractivity contribution in [1.82, 2.24) is 14.9 Å². The summed E-state index contributed by atoms with van der Waals surface area (Å²) in [4.78, 5) is 0. The Kier molecular flexibility index (Phi) is 5.50. The van der Waals surface area contributed by atoms with Gasteiger partial charge in [0, 0.05) is 15.8 Å². The van der Waals surface area contributed by atoms with Crippen LogP contribution in [0.1, 0.15) is 5.56 Å². The second-order valence-electron chi connectivity index (χ2n) is 5.12. The molecule has 3 rings (SSSR count). The van der Waals surface area contributed by atoms with Gasteiger partial charge >= 0.3 is 0 Å². The number of benzene rings is 2. The van der Waals surface area contributed by atoms with Crippen molar-refractivity contribution >= 4 is 27.7 Å². The van der Waals surface area contributed by atoms with Crippen LogP contribution in [-0.2, 0) is 5.75 Å². The predicted molar refractivity (Wildman–Crippen MR) is 102 cm³/mol. The number of para-hydroxylation sites is 1. The first-order valence-electron chi connectivity index (χ1n) is 7.43. The smallest absolute Gasteiger partial charge is 0.210 e. The third-order valence-corrected chi connectivity index (χ3v) is 5.10. The summed E-state index contributed by atoms with van der Waals surface area (Å²) < 4.78 is 13.2. The zero-order valence-electron chi connectivity index (χ0n) is 13.8. The summed E-state index contributed by atoms with van der Waals surface area (Å²) in [5, 5.41) is 9.03. The number of halogens is 1. The average molecular weight is 421 g/mol. The van der Waals surface area contributed by atoms with Crippen LogP contribution in [0, 0.1) is 0 Å². The van der Waals surface area contributed by atoms with E-state index in [1.54, 1.807) is 14.2 Å². The van der Waals surface area contributed by atoms with Crippen LogP contribution >= 0.6 is 27.7 Å². The van der Waals surface area contributed by atoms with Gasteiger partial charge in [0.1, 0.15) is 11.5 Å². The molecule has 0 aliphatic carbocycles. The molecule has 1 heterocycles.